The Balaban J connectivity index is 1.41. The monoisotopic (exact) mass is 396 g/mol. The summed E-state index contributed by atoms with van der Waals surface area (Å²) in [5, 5.41) is 2.53. The molecule has 6 nitrogen and oxygen atoms in total. The Labute approximate surface area is 160 Å². The van der Waals surface area contributed by atoms with Gasteiger partial charge in [-0.25, -0.2) is 5.43 Å². The molecule has 1 saturated carbocycles. The summed E-state index contributed by atoms with van der Waals surface area (Å²) in [4.78, 5) is 26.8. The van der Waals surface area contributed by atoms with Crippen LogP contribution in [0.5, 0.6) is 0 Å². The lowest BCUT2D eigenvalue weighted by molar-refractivity contribution is -0.137. The molecule has 4 atom stereocenters. The summed E-state index contributed by atoms with van der Waals surface area (Å²) in [6.07, 6.45) is -0.153. The molecule has 1 aromatic rings. The molecule has 1 aromatic carbocycles. The van der Waals surface area contributed by atoms with Crippen LogP contribution < -0.4 is 16.2 Å². The van der Waals surface area contributed by atoms with E-state index in [0.29, 0.717) is 12.0 Å². The van der Waals surface area contributed by atoms with Crippen molar-refractivity contribution in [3.63, 3.8) is 0 Å². The van der Waals surface area contributed by atoms with Crippen LogP contribution in [0.25, 0.3) is 0 Å². The van der Waals surface area contributed by atoms with E-state index in [1.54, 1.807) is 4.90 Å². The van der Waals surface area contributed by atoms with Crippen molar-refractivity contribution in [2.24, 2.45) is 11.8 Å². The van der Waals surface area contributed by atoms with Gasteiger partial charge in [0.05, 0.1) is 17.6 Å². The van der Waals surface area contributed by atoms with Gasteiger partial charge in [-0.3, -0.25) is 15.0 Å². The first-order valence-electron chi connectivity index (χ1n) is 9.61. The van der Waals surface area contributed by atoms with Gasteiger partial charge in [0.2, 0.25) is 11.8 Å². The number of benzene rings is 1. The zero-order valence-corrected chi connectivity index (χ0v) is 15.3. The average molecular weight is 396 g/mol. The van der Waals surface area contributed by atoms with Gasteiger partial charge >= 0.3 is 6.18 Å². The number of hydrazine groups is 1. The second kappa shape index (κ2) is 7.36. The molecule has 2 amide bonds. The molecule has 2 heterocycles. The lowest BCUT2D eigenvalue weighted by atomic mass is 9.84. The van der Waals surface area contributed by atoms with Crippen molar-refractivity contribution in [1.82, 2.24) is 15.8 Å². The highest BCUT2D eigenvalue weighted by molar-refractivity contribution is 5.97. The Hall–Kier alpha value is -2.13. The molecule has 2 saturated heterocycles. The molecule has 3 N–H and O–H groups in total. The fourth-order valence-corrected chi connectivity index (χ4v) is 4.52. The van der Waals surface area contributed by atoms with Crippen molar-refractivity contribution in [2.45, 2.75) is 50.5 Å². The van der Waals surface area contributed by atoms with Crippen molar-refractivity contribution in [3.8, 4) is 0 Å². The topological polar surface area (TPSA) is 73.5 Å². The van der Waals surface area contributed by atoms with Gasteiger partial charge in [-0.05, 0) is 31.0 Å². The Morgan fingerprint density at radius 3 is 2.75 bits per heavy atom. The zero-order valence-electron chi connectivity index (χ0n) is 15.3. The molecule has 0 bridgehead atoms. The highest BCUT2D eigenvalue weighted by Gasteiger charge is 2.46. The van der Waals surface area contributed by atoms with E-state index >= 15 is 0 Å². The van der Waals surface area contributed by atoms with Crippen LogP contribution in [0.2, 0.25) is 0 Å². The number of hydrogen-bond acceptors (Lipinski definition) is 4. The van der Waals surface area contributed by atoms with Crippen molar-refractivity contribution in [2.75, 3.05) is 11.9 Å². The first kappa shape index (κ1) is 19.2. The standard InChI is InChI=1S/C19H23F3N4O2/c20-19(21,22)12-4-3-5-13(9-12)23-18(28)11-8-16(27)26(10-11)17-14-6-1-2-7-15(14)24-25-17/h3-5,9,11,14-15,17,24-25H,1-2,6-8,10H2,(H,23,28). The minimum absolute atomic E-state index is 0.0698. The molecule has 152 valence electrons. The summed E-state index contributed by atoms with van der Waals surface area (Å²) < 4.78 is 38.5. The van der Waals surface area contributed by atoms with Crippen LogP contribution in [0.15, 0.2) is 24.3 Å². The molecule has 28 heavy (non-hydrogen) atoms. The van der Waals surface area contributed by atoms with Gasteiger partial charge in [-0.1, -0.05) is 18.9 Å². The van der Waals surface area contributed by atoms with E-state index in [1.807, 2.05) is 0 Å². The Kier molecular flexibility index (Phi) is 5.05. The SMILES string of the molecule is O=C(Nc1cccc(C(F)(F)F)c1)C1CC(=O)N(C2NNC3CCCCC32)C1. The molecule has 2 aliphatic heterocycles. The van der Waals surface area contributed by atoms with E-state index in [2.05, 4.69) is 16.2 Å². The van der Waals surface area contributed by atoms with E-state index in [1.165, 1.54) is 18.6 Å². The third-order valence-electron chi connectivity index (χ3n) is 5.96. The average Bonchev–Trinajstić information content (AvgIpc) is 3.24. The molecule has 0 spiro atoms. The van der Waals surface area contributed by atoms with Gasteiger partial charge in [-0.2, -0.15) is 13.2 Å². The molecule has 3 aliphatic rings. The maximum atomic E-state index is 12.8. The predicted molar refractivity (Wildman–Crippen MR) is 95.7 cm³/mol. The highest BCUT2D eigenvalue weighted by Crippen LogP contribution is 2.34. The van der Waals surface area contributed by atoms with Gasteiger partial charge in [-0.15, -0.1) is 0 Å². The van der Waals surface area contributed by atoms with Gasteiger partial charge in [0.1, 0.15) is 0 Å². The van der Waals surface area contributed by atoms with Crippen LogP contribution in [-0.2, 0) is 15.8 Å². The van der Waals surface area contributed by atoms with E-state index in [0.717, 1.165) is 31.4 Å². The number of amides is 2. The normalized spacial score (nSPS) is 30.4. The second-order valence-corrected chi connectivity index (χ2v) is 7.80. The van der Waals surface area contributed by atoms with E-state index in [-0.39, 0.29) is 30.7 Å². The predicted octanol–water partition coefficient (Wildman–Crippen LogP) is 2.49. The van der Waals surface area contributed by atoms with Crippen molar-refractivity contribution < 1.29 is 22.8 Å². The maximum absolute atomic E-state index is 12.8. The number of alkyl halides is 3. The Morgan fingerprint density at radius 1 is 1.18 bits per heavy atom. The molecular weight excluding hydrogens is 373 g/mol. The number of fused-ring (bicyclic) bond motifs is 1. The van der Waals surface area contributed by atoms with Gasteiger partial charge < -0.3 is 10.2 Å². The van der Waals surface area contributed by atoms with Crippen LogP contribution in [0.3, 0.4) is 0 Å². The molecule has 4 unspecified atom stereocenters. The number of carbonyl (C=O) groups is 2. The number of anilines is 1. The van der Waals surface area contributed by atoms with Crippen molar-refractivity contribution in [1.29, 1.82) is 0 Å². The highest BCUT2D eigenvalue weighted by atomic mass is 19.4. The number of halogens is 3. The second-order valence-electron chi connectivity index (χ2n) is 7.80. The minimum atomic E-state index is -4.47. The van der Waals surface area contributed by atoms with Gasteiger partial charge in [0.15, 0.2) is 0 Å². The summed E-state index contributed by atoms with van der Waals surface area (Å²) in [6, 6.07) is 4.86. The number of rotatable bonds is 3. The van der Waals surface area contributed by atoms with Crippen LogP contribution in [0, 0.1) is 11.8 Å². The molecule has 0 radical (unpaired) electrons. The first-order valence-corrected chi connectivity index (χ1v) is 9.61. The Bertz CT molecular complexity index is 770. The quantitative estimate of drug-likeness (QED) is 0.734. The number of hydrogen-bond donors (Lipinski definition) is 3. The minimum Gasteiger partial charge on any atom is -0.326 e. The number of nitrogens with zero attached hydrogens (tertiary/aromatic N) is 1. The zero-order chi connectivity index (χ0) is 19.9. The fourth-order valence-electron chi connectivity index (χ4n) is 4.52. The molecule has 9 heteroatoms. The summed E-state index contributed by atoms with van der Waals surface area (Å²) >= 11 is 0. The van der Waals surface area contributed by atoms with Gasteiger partial charge in [0, 0.05) is 30.6 Å². The number of likely N-dealkylation sites (tertiary alicyclic amines) is 1. The Morgan fingerprint density at radius 2 is 1.96 bits per heavy atom. The van der Waals surface area contributed by atoms with Crippen LogP contribution in [0.1, 0.15) is 37.7 Å². The van der Waals surface area contributed by atoms with E-state index in [4.69, 9.17) is 0 Å². The first-order chi connectivity index (χ1) is 13.3. The summed E-state index contributed by atoms with van der Waals surface area (Å²) in [6.45, 7) is 0.270. The summed E-state index contributed by atoms with van der Waals surface area (Å²) in [7, 11) is 0. The molecule has 1 aliphatic carbocycles. The molecule has 4 rings (SSSR count). The van der Waals surface area contributed by atoms with E-state index in [9.17, 15) is 22.8 Å². The van der Waals surface area contributed by atoms with E-state index < -0.39 is 23.6 Å². The lowest BCUT2D eigenvalue weighted by Gasteiger charge is -2.32. The largest absolute Gasteiger partial charge is 0.416 e. The molecule has 0 aromatic heterocycles. The summed E-state index contributed by atoms with van der Waals surface area (Å²) in [5.74, 6) is -0.787. The third kappa shape index (κ3) is 3.73. The number of nitrogens with one attached hydrogen (secondary N) is 3. The van der Waals surface area contributed by atoms with Crippen LogP contribution >= 0.6 is 0 Å². The smallest absolute Gasteiger partial charge is 0.326 e. The van der Waals surface area contributed by atoms with Crippen molar-refractivity contribution >= 4 is 17.5 Å². The van der Waals surface area contributed by atoms with Crippen LogP contribution in [0.4, 0.5) is 18.9 Å². The van der Waals surface area contributed by atoms with Gasteiger partial charge in [0.25, 0.3) is 0 Å². The van der Waals surface area contributed by atoms with Crippen LogP contribution in [-0.4, -0.2) is 35.5 Å². The number of carbonyl (C=O) groups excluding carboxylic acids is 2. The summed E-state index contributed by atoms with van der Waals surface area (Å²) in [5.41, 5.74) is 5.72. The maximum Gasteiger partial charge on any atom is 0.416 e. The molecular formula is C19H23F3N4O2. The van der Waals surface area contributed by atoms with Crippen molar-refractivity contribution in [3.05, 3.63) is 29.8 Å². The fraction of sp³-hybridized carbons (Fsp3) is 0.579. The lowest BCUT2D eigenvalue weighted by Crippen LogP contribution is -2.48. The third-order valence-corrected chi connectivity index (χ3v) is 5.96. The molecule has 3 fully saturated rings.